The molecule has 162 valence electrons. The van der Waals surface area contributed by atoms with Crippen LogP contribution in [0.25, 0.3) is 5.69 Å². The fourth-order valence-corrected chi connectivity index (χ4v) is 3.77. The van der Waals surface area contributed by atoms with E-state index in [1.165, 1.54) is 14.8 Å². The van der Waals surface area contributed by atoms with Crippen molar-refractivity contribution in [2.75, 3.05) is 25.1 Å². The van der Waals surface area contributed by atoms with Crippen molar-refractivity contribution in [3.8, 4) is 5.69 Å². The van der Waals surface area contributed by atoms with E-state index in [0.717, 1.165) is 19.3 Å². The Balaban J connectivity index is 1.46. The van der Waals surface area contributed by atoms with Crippen molar-refractivity contribution in [2.45, 2.75) is 37.8 Å². The monoisotopic (exact) mass is 457 g/mol. The number of carboxylic acid groups (broad SMARTS) is 1. The fourth-order valence-electron chi connectivity index (χ4n) is 3.48. The van der Waals surface area contributed by atoms with Crippen molar-refractivity contribution in [2.24, 2.45) is 0 Å². The molecule has 1 N–H and O–H groups in total. The van der Waals surface area contributed by atoms with Gasteiger partial charge in [-0.25, -0.2) is 9.75 Å². The summed E-state index contributed by atoms with van der Waals surface area (Å²) in [6, 6.07) is 4.27. The summed E-state index contributed by atoms with van der Waals surface area (Å²) in [5, 5.41) is 21.0. The number of aliphatic carboxylic acids is 1. The standard InChI is InChI=1S/C18H21Cl2N5O5/c19-12-4-5-14(23-9-17(20)21-22-23)15(7-12)24-10-30-25(11-29-24)16(18(26)27)8-13-3-1-2-6-28-13/h4-5,7,9,13,16H,1-3,6,8,10-11H2,(H,26,27). The van der Waals surface area contributed by atoms with Crippen LogP contribution in [0.15, 0.2) is 24.4 Å². The molecule has 2 aromatic rings. The molecule has 2 saturated heterocycles. The van der Waals surface area contributed by atoms with Crippen LogP contribution < -0.4 is 5.06 Å². The molecule has 2 unspecified atom stereocenters. The molecule has 0 aliphatic carbocycles. The summed E-state index contributed by atoms with van der Waals surface area (Å²) in [5.74, 6) is -0.984. The third-order valence-electron chi connectivity index (χ3n) is 4.99. The molecule has 0 bridgehead atoms. The minimum absolute atomic E-state index is 0.0366. The van der Waals surface area contributed by atoms with E-state index >= 15 is 0 Å². The van der Waals surface area contributed by atoms with Crippen molar-refractivity contribution in [1.82, 2.24) is 20.1 Å². The number of nitrogens with zero attached hydrogens (tertiary/aromatic N) is 5. The molecule has 4 rings (SSSR count). The molecule has 1 aromatic carbocycles. The maximum absolute atomic E-state index is 11.8. The Bertz CT molecular complexity index is 884. The van der Waals surface area contributed by atoms with E-state index < -0.39 is 12.0 Å². The summed E-state index contributed by atoms with van der Waals surface area (Å²) < 4.78 is 7.17. The molecule has 12 heteroatoms. The zero-order valence-corrected chi connectivity index (χ0v) is 17.5. The molecule has 0 spiro atoms. The third-order valence-corrected chi connectivity index (χ3v) is 5.40. The van der Waals surface area contributed by atoms with Crippen molar-refractivity contribution < 1.29 is 24.3 Å². The van der Waals surface area contributed by atoms with Gasteiger partial charge in [-0.15, -0.1) is 10.2 Å². The first-order chi connectivity index (χ1) is 14.5. The van der Waals surface area contributed by atoms with Crippen LogP contribution in [0.2, 0.25) is 10.2 Å². The van der Waals surface area contributed by atoms with Crippen molar-refractivity contribution in [3.05, 3.63) is 34.6 Å². The van der Waals surface area contributed by atoms with Gasteiger partial charge in [0.15, 0.2) is 18.6 Å². The number of benzene rings is 1. The summed E-state index contributed by atoms with van der Waals surface area (Å²) in [4.78, 5) is 23.3. The Kier molecular flexibility index (Phi) is 6.71. The third kappa shape index (κ3) is 4.85. The highest BCUT2D eigenvalue weighted by molar-refractivity contribution is 6.31. The second-order valence-corrected chi connectivity index (χ2v) is 7.83. The van der Waals surface area contributed by atoms with E-state index in [1.54, 1.807) is 24.4 Å². The molecular weight excluding hydrogens is 437 g/mol. The SMILES string of the molecule is O=C(O)C(CC1CCCCO1)N1CON(c2cc(Cl)ccc2-n2cc(Cl)nn2)CO1. The van der Waals surface area contributed by atoms with Crippen LogP contribution in [0.5, 0.6) is 0 Å². The lowest BCUT2D eigenvalue weighted by Crippen LogP contribution is -2.51. The first-order valence-corrected chi connectivity index (χ1v) is 10.3. The van der Waals surface area contributed by atoms with Gasteiger partial charge in [0.2, 0.25) is 0 Å². The van der Waals surface area contributed by atoms with Gasteiger partial charge in [0, 0.05) is 18.1 Å². The maximum Gasteiger partial charge on any atom is 0.323 e. The number of hydrogen-bond donors (Lipinski definition) is 1. The number of halogens is 2. The Morgan fingerprint density at radius 1 is 1.23 bits per heavy atom. The Morgan fingerprint density at radius 2 is 2.10 bits per heavy atom. The molecule has 10 nitrogen and oxygen atoms in total. The highest BCUT2D eigenvalue weighted by Gasteiger charge is 2.34. The van der Waals surface area contributed by atoms with E-state index in [1.807, 2.05) is 0 Å². The summed E-state index contributed by atoms with van der Waals surface area (Å²) in [6.07, 6.45) is 4.67. The molecule has 2 aliphatic heterocycles. The van der Waals surface area contributed by atoms with E-state index in [2.05, 4.69) is 10.3 Å². The summed E-state index contributed by atoms with van der Waals surface area (Å²) >= 11 is 12.0. The van der Waals surface area contributed by atoms with Gasteiger partial charge in [-0.3, -0.25) is 14.5 Å². The number of hydrogen-bond acceptors (Lipinski definition) is 8. The topological polar surface area (TPSA) is 102 Å². The molecule has 2 aliphatic rings. The average molecular weight is 458 g/mol. The number of rotatable bonds is 6. The van der Waals surface area contributed by atoms with Crippen LogP contribution in [0, 0.1) is 0 Å². The highest BCUT2D eigenvalue weighted by Crippen LogP contribution is 2.30. The van der Waals surface area contributed by atoms with Crippen molar-refractivity contribution >= 4 is 34.9 Å². The zero-order valence-electron chi connectivity index (χ0n) is 16.0. The molecule has 0 saturated carbocycles. The van der Waals surface area contributed by atoms with Gasteiger partial charge < -0.3 is 9.84 Å². The first kappa shape index (κ1) is 21.3. The molecule has 30 heavy (non-hydrogen) atoms. The lowest BCUT2D eigenvalue weighted by molar-refractivity contribution is -0.285. The predicted octanol–water partition coefficient (Wildman–Crippen LogP) is 2.89. The lowest BCUT2D eigenvalue weighted by Gasteiger charge is -2.38. The number of aromatic nitrogens is 3. The molecule has 3 heterocycles. The van der Waals surface area contributed by atoms with Gasteiger partial charge in [0.05, 0.1) is 23.7 Å². The van der Waals surface area contributed by atoms with Crippen LogP contribution in [0.3, 0.4) is 0 Å². The minimum atomic E-state index is -0.984. The van der Waals surface area contributed by atoms with Crippen LogP contribution in [-0.2, 0) is 19.2 Å². The van der Waals surface area contributed by atoms with Crippen LogP contribution in [0.4, 0.5) is 5.69 Å². The van der Waals surface area contributed by atoms with Crippen LogP contribution in [-0.4, -0.2) is 63.3 Å². The Hall–Kier alpha value is -1.95. The smallest absolute Gasteiger partial charge is 0.323 e. The Morgan fingerprint density at radius 3 is 2.73 bits per heavy atom. The summed E-state index contributed by atoms with van der Waals surface area (Å²) in [6.45, 7) is 0.546. The lowest BCUT2D eigenvalue weighted by atomic mass is 10.0. The largest absolute Gasteiger partial charge is 0.480 e. The first-order valence-electron chi connectivity index (χ1n) is 9.53. The molecule has 1 aromatic heterocycles. The van der Waals surface area contributed by atoms with Gasteiger partial charge in [-0.2, -0.15) is 0 Å². The number of carbonyl (C=O) groups is 1. The molecule has 0 radical (unpaired) electrons. The van der Waals surface area contributed by atoms with Gasteiger partial charge in [-0.05, 0) is 37.5 Å². The van der Waals surface area contributed by atoms with Crippen molar-refractivity contribution in [3.63, 3.8) is 0 Å². The van der Waals surface area contributed by atoms with E-state index in [-0.39, 0.29) is 24.7 Å². The molecular formula is C18H21Cl2N5O5. The normalized spacial score (nSPS) is 21.5. The van der Waals surface area contributed by atoms with Gasteiger partial charge in [0.1, 0.15) is 6.04 Å². The average Bonchev–Trinajstić information content (AvgIpc) is 3.19. The zero-order chi connectivity index (χ0) is 21.1. The van der Waals surface area contributed by atoms with Crippen molar-refractivity contribution in [1.29, 1.82) is 0 Å². The maximum atomic E-state index is 11.8. The van der Waals surface area contributed by atoms with Gasteiger partial charge in [0.25, 0.3) is 0 Å². The van der Waals surface area contributed by atoms with E-state index in [9.17, 15) is 9.90 Å². The van der Waals surface area contributed by atoms with E-state index in [4.69, 9.17) is 37.6 Å². The summed E-state index contributed by atoms with van der Waals surface area (Å²) in [5.41, 5.74) is 1.20. The van der Waals surface area contributed by atoms with Crippen LogP contribution >= 0.6 is 23.2 Å². The highest BCUT2D eigenvalue weighted by atomic mass is 35.5. The molecule has 0 amide bonds. The second-order valence-electron chi connectivity index (χ2n) is 7.01. The van der Waals surface area contributed by atoms with E-state index in [0.29, 0.717) is 29.4 Å². The quantitative estimate of drug-likeness (QED) is 0.700. The van der Waals surface area contributed by atoms with Gasteiger partial charge in [-0.1, -0.05) is 28.4 Å². The summed E-state index contributed by atoms with van der Waals surface area (Å²) in [7, 11) is 0. The fraction of sp³-hybridized carbons (Fsp3) is 0.500. The number of carboxylic acids is 1. The molecule has 2 atom stereocenters. The number of hydroxylamine groups is 3. The van der Waals surface area contributed by atoms with Gasteiger partial charge >= 0.3 is 5.97 Å². The number of anilines is 1. The second kappa shape index (κ2) is 9.46. The van der Waals surface area contributed by atoms with Crippen LogP contribution in [0.1, 0.15) is 25.7 Å². The Labute approximate surface area is 182 Å². The number of ether oxygens (including phenoxy) is 1. The predicted molar refractivity (Wildman–Crippen MR) is 107 cm³/mol. The minimum Gasteiger partial charge on any atom is -0.480 e. The molecule has 2 fully saturated rings.